The highest BCUT2D eigenvalue weighted by molar-refractivity contribution is 7.92. The molecule has 1 fully saturated rings. The van der Waals surface area contributed by atoms with E-state index in [0.29, 0.717) is 31.0 Å². The minimum Gasteiger partial charge on any atom is -0.369 e. The second-order valence-electron chi connectivity index (χ2n) is 4.97. The quantitative estimate of drug-likeness (QED) is 0.915. The maximum absolute atomic E-state index is 12.2. The van der Waals surface area contributed by atoms with Crippen LogP contribution in [0.5, 0.6) is 0 Å². The number of hydrogen-bond donors (Lipinski definition) is 1. The first kappa shape index (κ1) is 16.0. The van der Waals surface area contributed by atoms with Crippen LogP contribution >= 0.6 is 11.6 Å². The lowest BCUT2D eigenvalue weighted by Gasteiger charge is -2.28. The van der Waals surface area contributed by atoms with Crippen LogP contribution < -0.4 is 5.73 Å². The topological polar surface area (TPSA) is 80.5 Å². The van der Waals surface area contributed by atoms with Crippen molar-refractivity contribution in [3.8, 4) is 0 Å². The summed E-state index contributed by atoms with van der Waals surface area (Å²) in [5.74, 6) is -0.583. The average molecular weight is 329 g/mol. The zero-order valence-corrected chi connectivity index (χ0v) is 13.0. The van der Waals surface area contributed by atoms with Gasteiger partial charge in [-0.05, 0) is 36.6 Å². The molecule has 2 rings (SSSR count). The van der Waals surface area contributed by atoms with Crippen molar-refractivity contribution < 1.29 is 13.2 Å². The van der Waals surface area contributed by atoms with Crippen LogP contribution in [-0.4, -0.2) is 31.7 Å². The van der Waals surface area contributed by atoms with E-state index in [1.165, 1.54) is 15.8 Å². The van der Waals surface area contributed by atoms with Gasteiger partial charge in [-0.1, -0.05) is 23.7 Å². The first-order chi connectivity index (χ1) is 9.88. The lowest BCUT2D eigenvalue weighted by molar-refractivity contribution is -0.122. The molecule has 1 aromatic carbocycles. The standard InChI is InChI=1S/C14H17ClN2O3S/c15-13-3-1-11(2-4-13)7-10-21(19,20)17-8-5-12(6-9-17)14(16)18/h1-4,7,10,12H,5-6,8-9H2,(H2,16,18)/b10-7+. The van der Waals surface area contributed by atoms with Crippen LogP contribution in [0.4, 0.5) is 0 Å². The van der Waals surface area contributed by atoms with E-state index in [2.05, 4.69) is 0 Å². The number of benzene rings is 1. The van der Waals surface area contributed by atoms with E-state index in [1.54, 1.807) is 24.3 Å². The first-order valence-electron chi connectivity index (χ1n) is 6.61. The molecule has 0 bridgehead atoms. The molecule has 1 aromatic rings. The Morgan fingerprint density at radius 1 is 1.24 bits per heavy atom. The Morgan fingerprint density at radius 3 is 2.33 bits per heavy atom. The molecular weight excluding hydrogens is 312 g/mol. The number of sulfonamides is 1. The fraction of sp³-hybridized carbons (Fsp3) is 0.357. The molecule has 5 nitrogen and oxygen atoms in total. The Kier molecular flexibility index (Phi) is 5.03. The average Bonchev–Trinajstić information content (AvgIpc) is 2.47. The Bertz CT molecular complexity index is 633. The predicted molar refractivity (Wildman–Crippen MR) is 82.9 cm³/mol. The second kappa shape index (κ2) is 6.60. The van der Waals surface area contributed by atoms with Gasteiger partial charge >= 0.3 is 0 Å². The molecule has 1 aliphatic rings. The number of halogens is 1. The van der Waals surface area contributed by atoms with Crippen LogP contribution in [0.1, 0.15) is 18.4 Å². The van der Waals surface area contributed by atoms with Crippen LogP contribution in [-0.2, 0) is 14.8 Å². The third kappa shape index (κ3) is 4.30. The van der Waals surface area contributed by atoms with Crippen molar-refractivity contribution in [2.24, 2.45) is 11.7 Å². The van der Waals surface area contributed by atoms with E-state index in [9.17, 15) is 13.2 Å². The Balaban J connectivity index is 2.02. The summed E-state index contributed by atoms with van der Waals surface area (Å²) < 4.78 is 25.8. The predicted octanol–water partition coefficient (Wildman–Crippen LogP) is 1.84. The molecule has 0 unspecified atom stereocenters. The number of nitrogens with two attached hydrogens (primary N) is 1. The Labute approximate surface area is 129 Å². The Morgan fingerprint density at radius 2 is 1.81 bits per heavy atom. The van der Waals surface area contributed by atoms with Crippen molar-refractivity contribution in [1.29, 1.82) is 0 Å². The molecule has 1 heterocycles. The third-order valence-electron chi connectivity index (χ3n) is 3.52. The van der Waals surface area contributed by atoms with Gasteiger partial charge in [0.1, 0.15) is 0 Å². The number of carbonyl (C=O) groups excluding carboxylic acids is 1. The summed E-state index contributed by atoms with van der Waals surface area (Å²) in [4.78, 5) is 11.1. The van der Waals surface area contributed by atoms with Gasteiger partial charge in [0.05, 0.1) is 0 Å². The molecule has 0 aromatic heterocycles. The lowest BCUT2D eigenvalue weighted by atomic mass is 9.98. The lowest BCUT2D eigenvalue weighted by Crippen LogP contribution is -2.40. The van der Waals surface area contributed by atoms with Gasteiger partial charge in [0.15, 0.2) is 0 Å². The number of carbonyl (C=O) groups is 1. The fourth-order valence-electron chi connectivity index (χ4n) is 2.22. The van der Waals surface area contributed by atoms with E-state index in [-0.39, 0.29) is 11.8 Å². The highest BCUT2D eigenvalue weighted by atomic mass is 35.5. The smallest absolute Gasteiger partial charge is 0.236 e. The zero-order chi connectivity index (χ0) is 15.5. The molecule has 7 heteroatoms. The molecule has 0 spiro atoms. The summed E-state index contributed by atoms with van der Waals surface area (Å²) in [6.45, 7) is 0.641. The van der Waals surface area contributed by atoms with Crippen LogP contribution in [0.2, 0.25) is 5.02 Å². The van der Waals surface area contributed by atoms with Gasteiger partial charge in [-0.3, -0.25) is 4.79 Å². The fourth-order valence-corrected chi connectivity index (χ4v) is 3.57. The summed E-state index contributed by atoms with van der Waals surface area (Å²) in [7, 11) is -3.47. The van der Waals surface area contributed by atoms with E-state index >= 15 is 0 Å². The molecule has 1 saturated heterocycles. The molecule has 0 atom stereocenters. The number of hydrogen-bond acceptors (Lipinski definition) is 3. The molecule has 2 N–H and O–H groups in total. The summed E-state index contributed by atoms with van der Waals surface area (Å²) in [6, 6.07) is 6.89. The summed E-state index contributed by atoms with van der Waals surface area (Å²) in [5.41, 5.74) is 6.00. The van der Waals surface area contributed by atoms with Gasteiger partial charge in [-0.15, -0.1) is 0 Å². The molecule has 1 amide bonds. The highest BCUT2D eigenvalue weighted by Gasteiger charge is 2.28. The molecule has 0 saturated carbocycles. The Hall–Kier alpha value is -1.37. The highest BCUT2D eigenvalue weighted by Crippen LogP contribution is 2.20. The van der Waals surface area contributed by atoms with Crippen molar-refractivity contribution >= 4 is 33.6 Å². The number of rotatable bonds is 4. The number of nitrogens with zero attached hydrogens (tertiary/aromatic N) is 1. The monoisotopic (exact) mass is 328 g/mol. The summed E-state index contributed by atoms with van der Waals surface area (Å²) in [5, 5.41) is 1.78. The van der Waals surface area contributed by atoms with Crippen LogP contribution in [0.25, 0.3) is 6.08 Å². The van der Waals surface area contributed by atoms with Crippen molar-refractivity contribution in [3.63, 3.8) is 0 Å². The molecule has 0 radical (unpaired) electrons. The van der Waals surface area contributed by atoms with Gasteiger partial charge in [-0.2, -0.15) is 4.31 Å². The molecule has 114 valence electrons. The second-order valence-corrected chi connectivity index (χ2v) is 7.23. The maximum atomic E-state index is 12.2. The molecule has 1 aliphatic heterocycles. The van der Waals surface area contributed by atoms with Crippen molar-refractivity contribution in [3.05, 3.63) is 40.3 Å². The number of primary amides is 1. The molecular formula is C14H17ClN2O3S. The van der Waals surface area contributed by atoms with Gasteiger partial charge < -0.3 is 5.73 Å². The normalized spacial score (nSPS) is 18.1. The van der Waals surface area contributed by atoms with E-state index in [0.717, 1.165) is 5.56 Å². The van der Waals surface area contributed by atoms with Gasteiger partial charge in [-0.25, -0.2) is 8.42 Å². The van der Waals surface area contributed by atoms with Crippen molar-refractivity contribution in [2.75, 3.05) is 13.1 Å². The molecule has 21 heavy (non-hydrogen) atoms. The SMILES string of the molecule is NC(=O)C1CCN(S(=O)(=O)/C=C/c2ccc(Cl)cc2)CC1. The van der Waals surface area contributed by atoms with E-state index in [4.69, 9.17) is 17.3 Å². The maximum Gasteiger partial charge on any atom is 0.236 e. The van der Waals surface area contributed by atoms with E-state index in [1.807, 2.05) is 0 Å². The van der Waals surface area contributed by atoms with Crippen molar-refractivity contribution in [1.82, 2.24) is 4.31 Å². The minimum atomic E-state index is -3.47. The summed E-state index contributed by atoms with van der Waals surface area (Å²) >= 11 is 5.77. The molecule has 0 aliphatic carbocycles. The number of piperidine rings is 1. The van der Waals surface area contributed by atoms with Gasteiger partial charge in [0.2, 0.25) is 15.9 Å². The summed E-state index contributed by atoms with van der Waals surface area (Å²) in [6.07, 6.45) is 2.48. The third-order valence-corrected chi connectivity index (χ3v) is 5.34. The van der Waals surface area contributed by atoms with Gasteiger partial charge in [0, 0.05) is 29.4 Å². The number of amides is 1. The van der Waals surface area contributed by atoms with Gasteiger partial charge in [0.25, 0.3) is 0 Å². The van der Waals surface area contributed by atoms with Crippen LogP contribution in [0.15, 0.2) is 29.7 Å². The van der Waals surface area contributed by atoms with E-state index < -0.39 is 10.0 Å². The van der Waals surface area contributed by atoms with Crippen molar-refractivity contribution in [2.45, 2.75) is 12.8 Å². The van der Waals surface area contributed by atoms with Crippen LogP contribution in [0.3, 0.4) is 0 Å². The minimum absolute atomic E-state index is 0.225. The first-order valence-corrected chi connectivity index (χ1v) is 8.50. The van der Waals surface area contributed by atoms with Crippen LogP contribution in [0, 0.1) is 5.92 Å². The largest absolute Gasteiger partial charge is 0.369 e. The zero-order valence-electron chi connectivity index (χ0n) is 11.4.